The first-order valence-electron chi connectivity index (χ1n) is 6.16. The van der Waals surface area contributed by atoms with E-state index in [0.29, 0.717) is 11.7 Å². The number of hydrogen-bond donors (Lipinski definition) is 2. The monoisotopic (exact) mass is 271 g/mol. The fourth-order valence-corrected chi connectivity index (χ4v) is 2.86. The Balaban J connectivity index is 1.91. The number of aromatic nitrogens is 1. The molecule has 0 saturated heterocycles. The van der Waals surface area contributed by atoms with Crippen molar-refractivity contribution in [1.82, 2.24) is 4.98 Å². The lowest BCUT2D eigenvalue weighted by Gasteiger charge is -2.26. The van der Waals surface area contributed by atoms with Gasteiger partial charge in [-0.1, -0.05) is 25.7 Å². The summed E-state index contributed by atoms with van der Waals surface area (Å²) in [5.74, 6) is 0. The predicted molar refractivity (Wildman–Crippen MR) is 69.9 cm³/mol. The van der Waals surface area contributed by atoms with Gasteiger partial charge in [0.2, 0.25) is 0 Å². The average molecular weight is 271 g/mol. The van der Waals surface area contributed by atoms with Gasteiger partial charge in [-0.2, -0.15) is 0 Å². The normalized spacial score (nSPS) is 19.2. The van der Waals surface area contributed by atoms with Gasteiger partial charge in [0, 0.05) is 6.54 Å². The molecule has 2 N–H and O–H groups in total. The van der Waals surface area contributed by atoms with E-state index in [1.54, 1.807) is 0 Å². The number of nitrogens with zero attached hydrogens (tertiary/aromatic N) is 2. The molecule has 6 nitrogen and oxygen atoms in total. The first-order valence-corrected chi connectivity index (χ1v) is 6.97. The molecule has 0 bridgehead atoms. The smallest absolute Gasteiger partial charge is 0.345 e. The molecule has 18 heavy (non-hydrogen) atoms. The molecule has 1 saturated carbocycles. The Labute approximate surface area is 109 Å². The molecule has 1 aromatic heterocycles. The Morgan fingerprint density at radius 3 is 2.67 bits per heavy atom. The third-order valence-corrected chi connectivity index (χ3v) is 4.18. The number of rotatable bonds is 4. The van der Waals surface area contributed by atoms with Gasteiger partial charge in [0.05, 0.1) is 10.5 Å². The number of anilines is 1. The summed E-state index contributed by atoms with van der Waals surface area (Å²) in [6, 6.07) is 0. The Hall–Kier alpha value is -1.21. The summed E-state index contributed by atoms with van der Waals surface area (Å²) in [4.78, 5) is 14.0. The highest BCUT2D eigenvalue weighted by Crippen LogP contribution is 2.29. The molecule has 1 aromatic rings. The molecule has 7 heteroatoms. The van der Waals surface area contributed by atoms with Crippen LogP contribution in [0.3, 0.4) is 0 Å². The summed E-state index contributed by atoms with van der Waals surface area (Å²) in [5.41, 5.74) is -0.697. The zero-order valence-corrected chi connectivity index (χ0v) is 10.9. The van der Waals surface area contributed by atoms with Crippen LogP contribution in [0.25, 0.3) is 0 Å². The van der Waals surface area contributed by atoms with Crippen LogP contribution < -0.4 is 5.32 Å². The molecule has 0 atom stereocenters. The number of nitro groups is 1. The van der Waals surface area contributed by atoms with E-state index in [1.165, 1.54) is 19.0 Å². The van der Waals surface area contributed by atoms with Crippen LogP contribution in [-0.4, -0.2) is 27.2 Å². The van der Waals surface area contributed by atoms with E-state index in [2.05, 4.69) is 10.3 Å². The van der Waals surface area contributed by atoms with Crippen LogP contribution in [0.2, 0.25) is 0 Å². The molecule has 0 aromatic carbocycles. The molecule has 0 unspecified atom stereocenters. The van der Waals surface area contributed by atoms with Crippen LogP contribution in [0.1, 0.15) is 38.5 Å². The van der Waals surface area contributed by atoms with E-state index < -0.39 is 10.5 Å². The number of nitrogens with one attached hydrogen (secondary N) is 1. The van der Waals surface area contributed by atoms with Crippen LogP contribution >= 0.6 is 11.3 Å². The molecule has 100 valence electrons. The Bertz CT molecular complexity index is 413. The van der Waals surface area contributed by atoms with Gasteiger partial charge in [-0.05, 0) is 24.2 Å². The molecule has 0 amide bonds. The first-order chi connectivity index (χ1) is 8.59. The highest BCUT2D eigenvalue weighted by atomic mass is 32.1. The maximum Gasteiger partial charge on any atom is 0.345 e. The molecule has 1 heterocycles. The van der Waals surface area contributed by atoms with Crippen molar-refractivity contribution in [3.05, 3.63) is 16.3 Å². The molecular formula is C11H17N3O3S. The minimum Gasteiger partial charge on any atom is -0.388 e. The van der Waals surface area contributed by atoms with Crippen molar-refractivity contribution >= 4 is 21.5 Å². The van der Waals surface area contributed by atoms with Gasteiger partial charge < -0.3 is 10.4 Å². The molecule has 2 rings (SSSR count). The lowest BCUT2D eigenvalue weighted by molar-refractivity contribution is -0.380. The standard InChI is InChI=1S/C11H17N3O3S/c15-11(5-3-1-2-4-6-11)8-13-10-12-7-9(18-10)14(16)17/h7,15H,1-6,8H2,(H,12,13). The predicted octanol–water partition coefficient (Wildman–Crippen LogP) is 2.55. The van der Waals surface area contributed by atoms with Crippen molar-refractivity contribution in [3.63, 3.8) is 0 Å². The van der Waals surface area contributed by atoms with Crippen LogP contribution in [0.15, 0.2) is 6.20 Å². The van der Waals surface area contributed by atoms with Gasteiger partial charge in [-0.3, -0.25) is 10.1 Å². The molecule has 0 aliphatic heterocycles. The Kier molecular flexibility index (Phi) is 4.13. The molecule has 0 spiro atoms. The highest BCUT2D eigenvalue weighted by molar-refractivity contribution is 7.18. The summed E-state index contributed by atoms with van der Waals surface area (Å²) in [6.07, 6.45) is 7.23. The van der Waals surface area contributed by atoms with E-state index in [9.17, 15) is 15.2 Å². The zero-order valence-electron chi connectivity index (χ0n) is 10.1. The third-order valence-electron chi connectivity index (χ3n) is 3.28. The van der Waals surface area contributed by atoms with Gasteiger partial charge >= 0.3 is 5.00 Å². The second kappa shape index (κ2) is 5.62. The van der Waals surface area contributed by atoms with Gasteiger partial charge in [-0.25, -0.2) is 4.98 Å². The van der Waals surface area contributed by atoms with Crippen molar-refractivity contribution in [2.45, 2.75) is 44.1 Å². The lowest BCUT2D eigenvalue weighted by atomic mass is 9.95. The number of thiazole rings is 1. The van der Waals surface area contributed by atoms with Crippen molar-refractivity contribution in [2.75, 3.05) is 11.9 Å². The van der Waals surface area contributed by atoms with Crippen LogP contribution in [0.5, 0.6) is 0 Å². The van der Waals surface area contributed by atoms with E-state index in [4.69, 9.17) is 0 Å². The minimum atomic E-state index is -0.697. The highest BCUT2D eigenvalue weighted by Gasteiger charge is 2.28. The topological polar surface area (TPSA) is 88.3 Å². The molecule has 1 aliphatic carbocycles. The molecule has 1 fully saturated rings. The molecular weight excluding hydrogens is 254 g/mol. The van der Waals surface area contributed by atoms with E-state index in [-0.39, 0.29) is 5.00 Å². The second-order valence-corrected chi connectivity index (χ2v) is 5.76. The van der Waals surface area contributed by atoms with Gasteiger partial charge in [0.25, 0.3) is 0 Å². The van der Waals surface area contributed by atoms with Gasteiger partial charge in [-0.15, -0.1) is 0 Å². The number of aliphatic hydroxyl groups is 1. The fraction of sp³-hybridized carbons (Fsp3) is 0.727. The van der Waals surface area contributed by atoms with E-state index in [1.807, 2.05) is 0 Å². The maximum atomic E-state index is 10.5. The largest absolute Gasteiger partial charge is 0.388 e. The summed E-state index contributed by atoms with van der Waals surface area (Å²) in [5, 5.41) is 24.5. The lowest BCUT2D eigenvalue weighted by Crippen LogP contribution is -2.36. The Morgan fingerprint density at radius 1 is 1.44 bits per heavy atom. The molecule has 1 aliphatic rings. The van der Waals surface area contributed by atoms with Crippen LogP contribution in [-0.2, 0) is 0 Å². The summed E-state index contributed by atoms with van der Waals surface area (Å²) in [6.45, 7) is 0.414. The van der Waals surface area contributed by atoms with Crippen LogP contribution in [0, 0.1) is 10.1 Å². The average Bonchev–Trinajstić information content (AvgIpc) is 2.71. The summed E-state index contributed by atoms with van der Waals surface area (Å²) in [7, 11) is 0. The SMILES string of the molecule is O=[N+]([O-])c1cnc(NCC2(O)CCCCCC2)s1. The summed E-state index contributed by atoms with van der Waals surface area (Å²) < 4.78 is 0. The Morgan fingerprint density at radius 2 is 2.11 bits per heavy atom. The summed E-state index contributed by atoms with van der Waals surface area (Å²) >= 11 is 1.00. The molecule has 0 radical (unpaired) electrons. The number of hydrogen-bond acceptors (Lipinski definition) is 6. The quantitative estimate of drug-likeness (QED) is 0.499. The third kappa shape index (κ3) is 3.39. The maximum absolute atomic E-state index is 10.5. The first kappa shape index (κ1) is 13.2. The van der Waals surface area contributed by atoms with Crippen molar-refractivity contribution in [3.8, 4) is 0 Å². The van der Waals surface area contributed by atoms with Gasteiger partial charge in [0.1, 0.15) is 6.20 Å². The fourth-order valence-electron chi connectivity index (χ4n) is 2.24. The second-order valence-electron chi connectivity index (χ2n) is 4.75. The van der Waals surface area contributed by atoms with Crippen molar-refractivity contribution in [1.29, 1.82) is 0 Å². The minimum absolute atomic E-state index is 0.0188. The van der Waals surface area contributed by atoms with E-state index in [0.717, 1.165) is 37.0 Å². The zero-order chi connectivity index (χ0) is 13.0. The van der Waals surface area contributed by atoms with Crippen LogP contribution in [0.4, 0.5) is 10.1 Å². The van der Waals surface area contributed by atoms with Crippen molar-refractivity contribution < 1.29 is 10.0 Å². The van der Waals surface area contributed by atoms with Crippen molar-refractivity contribution in [2.24, 2.45) is 0 Å². The van der Waals surface area contributed by atoms with E-state index >= 15 is 0 Å². The van der Waals surface area contributed by atoms with Gasteiger partial charge in [0.15, 0.2) is 5.13 Å².